The second kappa shape index (κ2) is 8.07. The lowest BCUT2D eigenvalue weighted by molar-refractivity contribution is -0.119. The molecule has 1 amide bonds. The number of nitrogens with two attached hydrogens (primary N) is 1. The van der Waals surface area contributed by atoms with E-state index < -0.39 is 28.5 Å². The van der Waals surface area contributed by atoms with Crippen molar-refractivity contribution >= 4 is 27.6 Å². The number of hydrogen-bond acceptors (Lipinski definition) is 5. The van der Waals surface area contributed by atoms with Crippen LogP contribution in [-0.4, -0.2) is 31.5 Å². The number of benzene rings is 2. The van der Waals surface area contributed by atoms with Gasteiger partial charge in [0, 0.05) is 23.8 Å². The molecule has 1 aromatic heterocycles. The molecule has 2 aromatic carbocycles. The highest BCUT2D eigenvalue weighted by molar-refractivity contribution is 7.89. The Labute approximate surface area is 161 Å². The first-order valence-corrected chi connectivity index (χ1v) is 9.71. The summed E-state index contributed by atoms with van der Waals surface area (Å²) in [6.07, 6.45) is 3.76. The van der Waals surface area contributed by atoms with Crippen LogP contribution in [-0.2, 0) is 19.6 Å². The van der Waals surface area contributed by atoms with E-state index in [0.29, 0.717) is 5.56 Å². The van der Waals surface area contributed by atoms with Crippen molar-refractivity contribution in [2.45, 2.75) is 4.90 Å². The number of ether oxygens (including phenoxy) is 1. The lowest BCUT2D eigenvalue weighted by Gasteiger charge is -2.08. The zero-order valence-corrected chi connectivity index (χ0v) is 15.4. The largest absolute Gasteiger partial charge is 0.452 e. The van der Waals surface area contributed by atoms with E-state index in [2.05, 4.69) is 5.32 Å². The first-order valence-electron chi connectivity index (χ1n) is 8.16. The molecule has 0 fully saturated rings. The molecule has 3 N–H and O–H groups in total. The van der Waals surface area contributed by atoms with E-state index in [1.165, 1.54) is 24.3 Å². The molecule has 144 valence electrons. The zero-order chi connectivity index (χ0) is 20.1. The highest BCUT2D eigenvalue weighted by Gasteiger charge is 2.12. The summed E-state index contributed by atoms with van der Waals surface area (Å²) in [6.45, 7) is -0.516. The number of aromatic nitrogens is 1. The highest BCUT2D eigenvalue weighted by Crippen LogP contribution is 2.14. The SMILES string of the molecule is NS(=O)(=O)c1cccc(NC(=O)COC(=O)c2ccc(-n3cccc3)cc2)c1. The molecule has 8 nitrogen and oxygen atoms in total. The third-order valence-electron chi connectivity index (χ3n) is 3.79. The highest BCUT2D eigenvalue weighted by atomic mass is 32.2. The summed E-state index contributed by atoms with van der Waals surface area (Å²) >= 11 is 0. The van der Waals surface area contributed by atoms with Crippen molar-refractivity contribution in [1.82, 2.24) is 4.57 Å². The van der Waals surface area contributed by atoms with Crippen LogP contribution < -0.4 is 10.5 Å². The average molecular weight is 399 g/mol. The molecular weight excluding hydrogens is 382 g/mol. The molecule has 9 heteroatoms. The molecule has 0 bridgehead atoms. The second-order valence-electron chi connectivity index (χ2n) is 5.83. The standard InChI is InChI=1S/C19H17N3O5S/c20-28(25,26)17-5-3-4-15(12-17)21-18(23)13-27-19(24)14-6-8-16(9-7-14)22-10-1-2-11-22/h1-12H,13H2,(H,21,23)(H2,20,25,26). The predicted molar refractivity (Wildman–Crippen MR) is 102 cm³/mol. The number of carbonyl (C=O) groups is 2. The van der Waals surface area contributed by atoms with E-state index in [4.69, 9.17) is 9.88 Å². The molecule has 0 aliphatic heterocycles. The number of rotatable bonds is 6. The van der Waals surface area contributed by atoms with E-state index in [-0.39, 0.29) is 10.6 Å². The van der Waals surface area contributed by atoms with Gasteiger partial charge in [0.25, 0.3) is 5.91 Å². The summed E-state index contributed by atoms with van der Waals surface area (Å²) in [5.74, 6) is -1.25. The predicted octanol–water partition coefficient (Wildman–Crippen LogP) is 1.92. The quantitative estimate of drug-likeness (QED) is 0.614. The van der Waals surface area contributed by atoms with Crippen LogP contribution in [0.3, 0.4) is 0 Å². The van der Waals surface area contributed by atoms with Crippen LogP contribution in [0, 0.1) is 0 Å². The van der Waals surface area contributed by atoms with Crippen LogP contribution in [0.25, 0.3) is 5.69 Å². The number of hydrogen-bond donors (Lipinski definition) is 2. The van der Waals surface area contributed by atoms with Crippen molar-refractivity contribution < 1.29 is 22.7 Å². The van der Waals surface area contributed by atoms with Gasteiger partial charge < -0.3 is 14.6 Å². The second-order valence-corrected chi connectivity index (χ2v) is 7.40. The fourth-order valence-corrected chi connectivity index (χ4v) is 3.00. The summed E-state index contributed by atoms with van der Waals surface area (Å²) in [5, 5.41) is 7.50. The van der Waals surface area contributed by atoms with Crippen LogP contribution in [0.5, 0.6) is 0 Å². The maximum absolute atomic E-state index is 12.1. The molecule has 0 radical (unpaired) electrons. The number of nitrogens with zero attached hydrogens (tertiary/aromatic N) is 1. The number of carbonyl (C=O) groups excluding carboxylic acids is 2. The van der Waals surface area contributed by atoms with Crippen LogP contribution in [0.1, 0.15) is 10.4 Å². The van der Waals surface area contributed by atoms with E-state index in [9.17, 15) is 18.0 Å². The average Bonchev–Trinajstić information content (AvgIpc) is 3.20. The Morgan fingerprint density at radius 3 is 2.32 bits per heavy atom. The van der Waals surface area contributed by atoms with Gasteiger partial charge in [-0.3, -0.25) is 4.79 Å². The van der Waals surface area contributed by atoms with Crippen molar-refractivity contribution in [2.75, 3.05) is 11.9 Å². The first-order chi connectivity index (χ1) is 13.3. The van der Waals surface area contributed by atoms with Crippen LogP contribution in [0.2, 0.25) is 0 Å². The minimum atomic E-state index is -3.88. The van der Waals surface area contributed by atoms with E-state index in [1.807, 2.05) is 29.1 Å². The summed E-state index contributed by atoms with van der Waals surface area (Å²) < 4.78 is 29.5. The molecule has 0 saturated heterocycles. The van der Waals surface area contributed by atoms with E-state index in [0.717, 1.165) is 5.69 Å². The molecule has 0 saturated carbocycles. The summed E-state index contributed by atoms with van der Waals surface area (Å²) in [5.41, 5.74) is 1.41. The van der Waals surface area contributed by atoms with Crippen molar-refractivity contribution in [3.8, 4) is 5.69 Å². The topological polar surface area (TPSA) is 120 Å². The normalized spacial score (nSPS) is 11.0. The van der Waals surface area contributed by atoms with Gasteiger partial charge in [-0.25, -0.2) is 18.4 Å². The molecule has 0 atom stereocenters. The Kier molecular flexibility index (Phi) is 5.57. The molecule has 1 heterocycles. The van der Waals surface area contributed by atoms with Crippen molar-refractivity contribution in [3.63, 3.8) is 0 Å². The molecule has 3 aromatic rings. The van der Waals surface area contributed by atoms with Gasteiger partial charge in [0.15, 0.2) is 6.61 Å². The zero-order valence-electron chi connectivity index (χ0n) is 14.6. The van der Waals surface area contributed by atoms with Gasteiger partial charge in [-0.2, -0.15) is 0 Å². The van der Waals surface area contributed by atoms with Gasteiger partial charge in [0.05, 0.1) is 10.5 Å². The monoisotopic (exact) mass is 399 g/mol. The van der Waals surface area contributed by atoms with E-state index >= 15 is 0 Å². The first kappa shape index (κ1) is 19.3. The lowest BCUT2D eigenvalue weighted by Crippen LogP contribution is -2.21. The minimum absolute atomic E-state index is 0.134. The Bertz CT molecular complexity index is 1090. The van der Waals surface area contributed by atoms with Gasteiger partial charge in [0.1, 0.15) is 0 Å². The minimum Gasteiger partial charge on any atom is -0.452 e. The molecular formula is C19H17N3O5S. The third kappa shape index (κ3) is 4.84. The van der Waals surface area contributed by atoms with Crippen molar-refractivity contribution in [2.24, 2.45) is 5.14 Å². The molecule has 0 unspecified atom stereocenters. The Morgan fingerprint density at radius 1 is 1.00 bits per heavy atom. The van der Waals surface area contributed by atoms with E-state index in [1.54, 1.807) is 24.3 Å². The maximum Gasteiger partial charge on any atom is 0.338 e. The fraction of sp³-hybridized carbons (Fsp3) is 0.0526. The van der Waals surface area contributed by atoms with Gasteiger partial charge >= 0.3 is 5.97 Å². The summed E-state index contributed by atoms with van der Waals surface area (Å²) in [4.78, 5) is 23.9. The Morgan fingerprint density at radius 2 is 1.68 bits per heavy atom. The van der Waals surface area contributed by atoms with Crippen LogP contribution in [0.15, 0.2) is 78.0 Å². The van der Waals surface area contributed by atoms with Crippen molar-refractivity contribution in [3.05, 3.63) is 78.6 Å². The van der Waals surface area contributed by atoms with Crippen LogP contribution >= 0.6 is 0 Å². The maximum atomic E-state index is 12.1. The number of nitrogens with one attached hydrogen (secondary N) is 1. The molecule has 0 aliphatic carbocycles. The molecule has 0 spiro atoms. The third-order valence-corrected chi connectivity index (χ3v) is 4.70. The lowest BCUT2D eigenvalue weighted by atomic mass is 10.2. The number of amides is 1. The number of anilines is 1. The summed E-state index contributed by atoms with van der Waals surface area (Å²) in [6, 6.07) is 16.0. The smallest absolute Gasteiger partial charge is 0.338 e. The number of esters is 1. The van der Waals surface area contributed by atoms with Gasteiger partial charge in [-0.15, -0.1) is 0 Å². The Hall–Kier alpha value is -3.43. The van der Waals surface area contributed by atoms with Crippen LogP contribution in [0.4, 0.5) is 5.69 Å². The van der Waals surface area contributed by atoms with Gasteiger partial charge in [-0.1, -0.05) is 6.07 Å². The fourth-order valence-electron chi connectivity index (χ4n) is 2.44. The number of primary sulfonamides is 1. The van der Waals surface area contributed by atoms with Gasteiger partial charge in [0.2, 0.25) is 10.0 Å². The molecule has 3 rings (SSSR count). The number of sulfonamides is 1. The molecule has 0 aliphatic rings. The van der Waals surface area contributed by atoms with Crippen molar-refractivity contribution in [1.29, 1.82) is 0 Å². The molecule has 28 heavy (non-hydrogen) atoms. The van der Waals surface area contributed by atoms with Gasteiger partial charge in [-0.05, 0) is 54.6 Å². The Balaban J connectivity index is 1.56. The summed E-state index contributed by atoms with van der Waals surface area (Å²) in [7, 11) is -3.88.